The molecule has 1 amide bonds. The molecule has 156 valence electrons. The van der Waals surface area contributed by atoms with Gasteiger partial charge in [-0.05, 0) is 50.5 Å². The summed E-state index contributed by atoms with van der Waals surface area (Å²) in [5.74, 6) is 0.375. The smallest absolute Gasteiger partial charge is 0.225 e. The van der Waals surface area contributed by atoms with Crippen LogP contribution in [0.25, 0.3) is 10.2 Å². The first-order chi connectivity index (χ1) is 14.2. The Balaban J connectivity index is 1.31. The fourth-order valence-electron chi connectivity index (χ4n) is 5.04. The molecule has 1 atom stereocenters. The van der Waals surface area contributed by atoms with Gasteiger partial charge in [-0.2, -0.15) is 0 Å². The number of fused-ring (bicyclic) bond motifs is 3. The molecule has 0 bridgehead atoms. The molecule has 3 aliphatic rings. The molecule has 1 aliphatic heterocycles. The lowest BCUT2D eigenvalue weighted by Crippen LogP contribution is -2.46. The van der Waals surface area contributed by atoms with Crippen molar-refractivity contribution in [1.82, 2.24) is 14.9 Å². The number of aryl methyl sites for hydroxylation is 1. The van der Waals surface area contributed by atoms with E-state index in [0.29, 0.717) is 18.3 Å². The van der Waals surface area contributed by atoms with Crippen LogP contribution in [0.5, 0.6) is 5.88 Å². The van der Waals surface area contributed by atoms with Crippen molar-refractivity contribution in [2.45, 2.75) is 57.1 Å². The van der Waals surface area contributed by atoms with Crippen LogP contribution < -0.4 is 10.5 Å². The zero-order valence-electron chi connectivity index (χ0n) is 16.6. The average molecular weight is 417 g/mol. The van der Waals surface area contributed by atoms with E-state index < -0.39 is 0 Å². The number of hydrogen-bond donors (Lipinski definition) is 1. The highest BCUT2D eigenvalue weighted by molar-refractivity contribution is 7.18. The van der Waals surface area contributed by atoms with E-state index in [0.717, 1.165) is 75.0 Å². The van der Waals surface area contributed by atoms with Crippen molar-refractivity contribution in [2.75, 3.05) is 26.3 Å². The summed E-state index contributed by atoms with van der Waals surface area (Å²) in [6, 6.07) is 0.648. The zero-order valence-corrected chi connectivity index (χ0v) is 17.5. The van der Waals surface area contributed by atoms with Crippen LogP contribution in [0.2, 0.25) is 0 Å². The lowest BCUT2D eigenvalue weighted by Gasteiger charge is -2.38. The van der Waals surface area contributed by atoms with E-state index in [9.17, 15) is 4.79 Å². The van der Waals surface area contributed by atoms with Crippen LogP contribution in [0.3, 0.4) is 0 Å². The van der Waals surface area contributed by atoms with E-state index in [4.69, 9.17) is 15.2 Å². The molecule has 2 aromatic heterocycles. The number of primary amides is 1. The second kappa shape index (κ2) is 8.16. The molecule has 7 nitrogen and oxygen atoms in total. The Morgan fingerprint density at radius 1 is 1.17 bits per heavy atom. The first-order valence-electron chi connectivity index (χ1n) is 10.7. The number of amides is 1. The maximum atomic E-state index is 11.7. The Bertz CT molecular complexity index is 887. The number of ether oxygens (including phenoxy) is 2. The molecule has 0 unspecified atom stereocenters. The fourth-order valence-corrected chi connectivity index (χ4v) is 6.21. The Hall–Kier alpha value is -1.77. The molecule has 0 radical (unpaired) electrons. The topological polar surface area (TPSA) is 90.6 Å². The van der Waals surface area contributed by atoms with E-state index >= 15 is 0 Å². The third-order valence-corrected chi connectivity index (χ3v) is 7.89. The molecule has 29 heavy (non-hydrogen) atoms. The molecule has 0 spiro atoms. The summed E-state index contributed by atoms with van der Waals surface area (Å²) in [6.45, 7) is 3.80. The minimum atomic E-state index is -0.212. The molecular formula is C21H28N4O3S. The van der Waals surface area contributed by atoms with E-state index in [1.807, 2.05) is 0 Å². The third kappa shape index (κ3) is 3.85. The monoisotopic (exact) mass is 416 g/mol. The Kier molecular flexibility index (Phi) is 5.41. The van der Waals surface area contributed by atoms with Crippen LogP contribution in [-0.2, 0) is 22.4 Å². The highest BCUT2D eigenvalue weighted by atomic mass is 32.1. The van der Waals surface area contributed by atoms with Gasteiger partial charge in [-0.1, -0.05) is 0 Å². The van der Waals surface area contributed by atoms with E-state index in [1.54, 1.807) is 17.7 Å². The number of nitrogens with two attached hydrogens (primary N) is 1. The number of rotatable bonds is 4. The number of carbonyl (C=O) groups is 1. The van der Waals surface area contributed by atoms with Crippen LogP contribution in [0.4, 0.5) is 0 Å². The maximum absolute atomic E-state index is 11.7. The number of aromatic nitrogens is 2. The summed E-state index contributed by atoms with van der Waals surface area (Å²) in [5, 5.41) is 1.01. The van der Waals surface area contributed by atoms with Gasteiger partial charge < -0.3 is 15.2 Å². The van der Waals surface area contributed by atoms with E-state index in [2.05, 4.69) is 14.9 Å². The summed E-state index contributed by atoms with van der Waals surface area (Å²) in [7, 11) is 0. The third-order valence-electron chi connectivity index (χ3n) is 6.69. The number of morpholine rings is 1. The first-order valence-corrected chi connectivity index (χ1v) is 11.5. The number of carbonyl (C=O) groups excluding carboxylic acids is 1. The standard InChI is InChI=1S/C21H28N4O3S/c22-19(26)13-1-6-17-16(11-13)18-20(23-12-24-21(18)29-17)28-15-4-2-14(3-5-15)25-7-9-27-10-8-25/h12-15H,1-11H2,(H2,22,26)/t13-,14?,15?/m1/s1. The van der Waals surface area contributed by atoms with Crippen molar-refractivity contribution in [3.63, 3.8) is 0 Å². The van der Waals surface area contributed by atoms with Gasteiger partial charge in [0.2, 0.25) is 11.8 Å². The fraction of sp³-hybridized carbons (Fsp3) is 0.667. The van der Waals surface area contributed by atoms with Crippen LogP contribution in [0.15, 0.2) is 6.33 Å². The molecule has 1 saturated heterocycles. The lowest BCUT2D eigenvalue weighted by atomic mass is 9.87. The van der Waals surface area contributed by atoms with Gasteiger partial charge in [0.15, 0.2) is 0 Å². The summed E-state index contributed by atoms with van der Waals surface area (Å²) in [6.07, 6.45) is 8.58. The lowest BCUT2D eigenvalue weighted by molar-refractivity contribution is -0.122. The second-order valence-corrected chi connectivity index (χ2v) is 9.49. The maximum Gasteiger partial charge on any atom is 0.225 e. The zero-order chi connectivity index (χ0) is 19.8. The molecule has 0 aromatic carbocycles. The normalized spacial score (nSPS) is 28.2. The van der Waals surface area contributed by atoms with Gasteiger partial charge in [0.05, 0.1) is 18.6 Å². The van der Waals surface area contributed by atoms with Crippen molar-refractivity contribution < 1.29 is 14.3 Å². The molecule has 2 N–H and O–H groups in total. The van der Waals surface area contributed by atoms with Crippen molar-refractivity contribution in [3.05, 3.63) is 16.8 Å². The number of hydrogen-bond acceptors (Lipinski definition) is 7. The predicted molar refractivity (Wildman–Crippen MR) is 111 cm³/mol. The summed E-state index contributed by atoms with van der Waals surface area (Å²) >= 11 is 1.71. The van der Waals surface area contributed by atoms with Crippen LogP contribution in [0.1, 0.15) is 42.5 Å². The molecule has 2 fully saturated rings. The quantitative estimate of drug-likeness (QED) is 0.823. The summed E-state index contributed by atoms with van der Waals surface area (Å²) < 4.78 is 11.9. The predicted octanol–water partition coefficient (Wildman–Crippen LogP) is 2.30. The van der Waals surface area contributed by atoms with Gasteiger partial charge in [0.25, 0.3) is 0 Å². The van der Waals surface area contributed by atoms with Gasteiger partial charge in [0.1, 0.15) is 17.3 Å². The summed E-state index contributed by atoms with van der Waals surface area (Å²) in [4.78, 5) is 25.5. The molecular weight excluding hydrogens is 388 g/mol. The van der Waals surface area contributed by atoms with E-state index in [1.165, 1.54) is 10.4 Å². The molecule has 2 aromatic rings. The van der Waals surface area contributed by atoms with Gasteiger partial charge in [-0.15, -0.1) is 11.3 Å². The highest BCUT2D eigenvalue weighted by Crippen LogP contribution is 2.41. The first kappa shape index (κ1) is 19.2. The average Bonchev–Trinajstić information content (AvgIpc) is 3.13. The van der Waals surface area contributed by atoms with Crippen molar-refractivity contribution >= 4 is 27.5 Å². The van der Waals surface area contributed by atoms with E-state index in [-0.39, 0.29) is 17.9 Å². The molecule has 2 aliphatic carbocycles. The van der Waals surface area contributed by atoms with Crippen molar-refractivity contribution in [3.8, 4) is 5.88 Å². The van der Waals surface area contributed by atoms with Gasteiger partial charge in [-0.25, -0.2) is 9.97 Å². The Morgan fingerprint density at radius 2 is 1.97 bits per heavy atom. The SMILES string of the molecule is NC(=O)[C@@H]1CCc2sc3ncnc(OC4CCC(N5CCOCC5)CC4)c3c2C1. The Labute approximate surface area is 174 Å². The van der Waals surface area contributed by atoms with Gasteiger partial charge in [0, 0.05) is 29.9 Å². The molecule has 8 heteroatoms. The van der Waals surface area contributed by atoms with Crippen LogP contribution in [0, 0.1) is 5.92 Å². The van der Waals surface area contributed by atoms with Crippen LogP contribution >= 0.6 is 11.3 Å². The van der Waals surface area contributed by atoms with Crippen molar-refractivity contribution in [1.29, 1.82) is 0 Å². The molecule has 3 heterocycles. The van der Waals surface area contributed by atoms with Gasteiger partial charge >= 0.3 is 0 Å². The number of nitrogens with zero attached hydrogens (tertiary/aromatic N) is 3. The number of thiophene rings is 1. The minimum absolute atomic E-state index is 0.0997. The second-order valence-electron chi connectivity index (χ2n) is 8.40. The minimum Gasteiger partial charge on any atom is -0.474 e. The van der Waals surface area contributed by atoms with Crippen molar-refractivity contribution in [2.24, 2.45) is 11.7 Å². The highest BCUT2D eigenvalue weighted by Gasteiger charge is 2.31. The Morgan fingerprint density at radius 3 is 2.72 bits per heavy atom. The largest absolute Gasteiger partial charge is 0.474 e. The summed E-state index contributed by atoms with van der Waals surface area (Å²) in [5.41, 5.74) is 6.77. The molecule has 1 saturated carbocycles. The van der Waals surface area contributed by atoms with Crippen LogP contribution in [-0.4, -0.2) is 59.2 Å². The van der Waals surface area contributed by atoms with Gasteiger partial charge in [-0.3, -0.25) is 9.69 Å². The molecule has 5 rings (SSSR count).